The maximum absolute atomic E-state index is 12.1. The zero-order valence-electron chi connectivity index (χ0n) is 17.8. The Balaban J connectivity index is 1.44. The van der Waals surface area contributed by atoms with Crippen LogP contribution in [0.1, 0.15) is 85.5 Å². The summed E-state index contributed by atoms with van der Waals surface area (Å²) in [6, 6.07) is 0. The summed E-state index contributed by atoms with van der Waals surface area (Å²) >= 11 is 0. The minimum Gasteiger partial charge on any atom is -0.349 e. The first kappa shape index (κ1) is 18.6. The minimum absolute atomic E-state index is 0.245. The van der Waals surface area contributed by atoms with Crippen molar-refractivity contribution in [1.29, 1.82) is 0 Å². The quantitative estimate of drug-likeness (QED) is 0.572. The van der Waals surface area contributed by atoms with Crippen molar-refractivity contribution in [1.82, 2.24) is 0 Å². The van der Waals surface area contributed by atoms with Gasteiger partial charge in [0.1, 0.15) is 5.78 Å². The number of fused-ring (bicyclic) bond motifs is 5. The first-order valence-corrected chi connectivity index (χ1v) is 11.6. The number of carbonyl (C=O) groups is 1. The Hall–Kier alpha value is -0.410. The van der Waals surface area contributed by atoms with Crippen LogP contribution in [0.25, 0.3) is 0 Å². The lowest BCUT2D eigenvalue weighted by atomic mass is 9.46. The summed E-state index contributed by atoms with van der Waals surface area (Å²) in [7, 11) is 0. The van der Waals surface area contributed by atoms with Gasteiger partial charge in [0.25, 0.3) is 0 Å². The molecule has 152 valence electrons. The summed E-state index contributed by atoms with van der Waals surface area (Å²) in [5.41, 5.74) is 0.595. The van der Waals surface area contributed by atoms with Gasteiger partial charge >= 0.3 is 0 Å². The average molecular weight is 375 g/mol. The van der Waals surface area contributed by atoms with Gasteiger partial charge in [0.15, 0.2) is 5.79 Å². The highest BCUT2D eigenvalue weighted by molar-refractivity contribution is 5.79. The Morgan fingerprint density at radius 1 is 0.963 bits per heavy atom. The van der Waals surface area contributed by atoms with Crippen molar-refractivity contribution in [2.45, 2.75) is 97.4 Å². The van der Waals surface area contributed by atoms with Gasteiger partial charge in [-0.05, 0) is 67.6 Å². The van der Waals surface area contributed by atoms with E-state index in [4.69, 9.17) is 9.47 Å². The van der Waals surface area contributed by atoms with E-state index in [2.05, 4.69) is 27.7 Å². The van der Waals surface area contributed by atoms with Crippen LogP contribution >= 0.6 is 0 Å². The molecule has 5 rings (SSSR count). The predicted octanol–water partition coefficient (Wildman–Crippen LogP) is 5.37. The Morgan fingerprint density at radius 3 is 2.52 bits per heavy atom. The number of rotatable bonds is 0. The topological polar surface area (TPSA) is 35.5 Å². The zero-order chi connectivity index (χ0) is 19.0. The number of Topliss-reactive ketones (excluding diaryl/α,β-unsaturated/α-hetero) is 1. The Kier molecular flexibility index (Phi) is 4.17. The smallest absolute Gasteiger partial charge is 0.171 e. The Morgan fingerprint density at radius 2 is 1.78 bits per heavy atom. The van der Waals surface area contributed by atoms with Crippen molar-refractivity contribution in [3.05, 3.63) is 0 Å². The molecule has 0 N–H and O–H groups in total. The van der Waals surface area contributed by atoms with Crippen LogP contribution in [0.3, 0.4) is 0 Å². The maximum Gasteiger partial charge on any atom is 0.171 e. The minimum atomic E-state index is -0.332. The van der Waals surface area contributed by atoms with Crippen LogP contribution < -0.4 is 0 Å². The standard InChI is InChI=1S/C24H38O3/c1-15-7-12-24(26-14-15)16(2)22(3)11-9-20-19(21(22)27-24)6-5-17-13-18(25)8-10-23(17,20)4/h15-17,19-21H,5-14H2,1-4H3. The fourth-order valence-corrected chi connectivity index (χ4v) is 8.06. The highest BCUT2D eigenvalue weighted by Gasteiger charge is 2.67. The van der Waals surface area contributed by atoms with Crippen LogP contribution in [0.4, 0.5) is 0 Å². The molecule has 9 unspecified atom stereocenters. The van der Waals surface area contributed by atoms with Crippen molar-refractivity contribution in [2.75, 3.05) is 6.61 Å². The van der Waals surface area contributed by atoms with Crippen molar-refractivity contribution in [3.63, 3.8) is 0 Å². The highest BCUT2D eigenvalue weighted by atomic mass is 16.7. The number of ether oxygens (including phenoxy) is 2. The first-order valence-electron chi connectivity index (χ1n) is 11.6. The van der Waals surface area contributed by atoms with Gasteiger partial charge in [0.2, 0.25) is 0 Å². The van der Waals surface area contributed by atoms with E-state index < -0.39 is 0 Å². The number of hydrogen-bond donors (Lipinski definition) is 0. The van der Waals surface area contributed by atoms with E-state index in [9.17, 15) is 4.79 Å². The predicted molar refractivity (Wildman–Crippen MR) is 105 cm³/mol. The van der Waals surface area contributed by atoms with Crippen LogP contribution in [0.15, 0.2) is 0 Å². The molecule has 2 heterocycles. The van der Waals surface area contributed by atoms with Crippen LogP contribution in [-0.4, -0.2) is 24.3 Å². The molecule has 2 aliphatic heterocycles. The van der Waals surface area contributed by atoms with E-state index >= 15 is 0 Å². The van der Waals surface area contributed by atoms with Crippen LogP contribution in [-0.2, 0) is 14.3 Å². The molecule has 1 spiro atoms. The molecular formula is C24H38O3. The molecule has 3 aliphatic carbocycles. The van der Waals surface area contributed by atoms with Gasteiger partial charge in [-0.25, -0.2) is 0 Å². The van der Waals surface area contributed by atoms with E-state index in [0.29, 0.717) is 41.0 Å². The molecule has 2 saturated heterocycles. The van der Waals surface area contributed by atoms with Crippen molar-refractivity contribution >= 4 is 5.78 Å². The number of ketones is 1. The number of hydrogen-bond acceptors (Lipinski definition) is 3. The molecule has 5 aliphatic rings. The third-order valence-corrected chi connectivity index (χ3v) is 10.2. The molecule has 0 aromatic rings. The van der Waals surface area contributed by atoms with E-state index in [1.807, 2.05) is 0 Å². The molecule has 3 heteroatoms. The summed E-state index contributed by atoms with van der Waals surface area (Å²) in [6.07, 6.45) is 10.4. The first-order chi connectivity index (χ1) is 12.8. The van der Waals surface area contributed by atoms with Gasteiger partial charge in [-0.15, -0.1) is 0 Å². The van der Waals surface area contributed by atoms with Gasteiger partial charge in [-0.2, -0.15) is 0 Å². The van der Waals surface area contributed by atoms with Crippen molar-refractivity contribution < 1.29 is 14.3 Å². The van der Waals surface area contributed by atoms with Crippen molar-refractivity contribution in [3.8, 4) is 0 Å². The SMILES string of the molecule is CC1CCC2(OC1)OC1C3CCC4CC(=O)CCC4(C)C3CCC1(C)C2C. The van der Waals surface area contributed by atoms with E-state index in [0.717, 1.165) is 38.2 Å². The molecule has 0 aromatic heterocycles. The second-order valence-corrected chi connectivity index (χ2v) is 11.4. The molecule has 0 bridgehead atoms. The number of carbonyl (C=O) groups excluding carboxylic acids is 1. The molecule has 0 amide bonds. The van der Waals surface area contributed by atoms with Gasteiger partial charge in [-0.3, -0.25) is 4.79 Å². The Labute approximate surface area is 164 Å². The fourth-order valence-electron chi connectivity index (χ4n) is 8.06. The Bertz CT molecular complexity index is 621. The lowest BCUT2D eigenvalue weighted by Crippen LogP contribution is -2.55. The highest BCUT2D eigenvalue weighted by Crippen LogP contribution is 2.67. The second-order valence-electron chi connectivity index (χ2n) is 11.4. The summed E-state index contributed by atoms with van der Waals surface area (Å²) in [6.45, 7) is 10.6. The molecule has 3 saturated carbocycles. The summed E-state index contributed by atoms with van der Waals surface area (Å²) in [5.74, 6) is 3.30. The summed E-state index contributed by atoms with van der Waals surface area (Å²) in [5, 5.41) is 0. The van der Waals surface area contributed by atoms with Crippen LogP contribution in [0.5, 0.6) is 0 Å². The van der Waals surface area contributed by atoms with Gasteiger partial charge < -0.3 is 9.47 Å². The third-order valence-electron chi connectivity index (χ3n) is 10.2. The van der Waals surface area contributed by atoms with Gasteiger partial charge in [0.05, 0.1) is 12.7 Å². The monoisotopic (exact) mass is 374 g/mol. The van der Waals surface area contributed by atoms with E-state index in [1.165, 1.54) is 32.1 Å². The average Bonchev–Trinajstić information content (AvgIpc) is 2.87. The lowest BCUT2D eigenvalue weighted by molar-refractivity contribution is -0.278. The maximum atomic E-state index is 12.1. The normalized spacial score (nSPS) is 57.9. The summed E-state index contributed by atoms with van der Waals surface area (Å²) in [4.78, 5) is 12.1. The van der Waals surface area contributed by atoms with Gasteiger partial charge in [-0.1, -0.05) is 27.7 Å². The second kappa shape index (κ2) is 6.05. The largest absolute Gasteiger partial charge is 0.349 e. The molecule has 0 aromatic carbocycles. The van der Waals surface area contributed by atoms with Gasteiger partial charge in [0, 0.05) is 30.6 Å². The molecule has 0 radical (unpaired) electrons. The molecule has 5 fully saturated rings. The molecule has 3 nitrogen and oxygen atoms in total. The lowest BCUT2D eigenvalue weighted by Gasteiger charge is -2.59. The van der Waals surface area contributed by atoms with Crippen LogP contribution in [0.2, 0.25) is 0 Å². The zero-order valence-corrected chi connectivity index (χ0v) is 17.8. The van der Waals surface area contributed by atoms with Crippen LogP contribution in [0, 0.1) is 40.4 Å². The van der Waals surface area contributed by atoms with Crippen molar-refractivity contribution in [2.24, 2.45) is 40.4 Å². The molecule has 9 atom stereocenters. The molecular weight excluding hydrogens is 336 g/mol. The molecule has 27 heavy (non-hydrogen) atoms. The van der Waals surface area contributed by atoms with E-state index in [1.54, 1.807) is 0 Å². The fraction of sp³-hybridized carbons (Fsp3) is 0.958. The van der Waals surface area contributed by atoms with E-state index in [-0.39, 0.29) is 11.2 Å². The third kappa shape index (κ3) is 2.49. The summed E-state index contributed by atoms with van der Waals surface area (Å²) < 4.78 is 13.5.